The molecule has 1 atom stereocenters. The van der Waals surface area contributed by atoms with Gasteiger partial charge in [-0.1, -0.05) is 6.08 Å². The third kappa shape index (κ3) is 3.23. The zero-order chi connectivity index (χ0) is 9.68. The number of nitrogens with one attached hydrogen (secondary N) is 1. The van der Waals surface area contributed by atoms with E-state index < -0.39 is 0 Å². The highest BCUT2D eigenvalue weighted by molar-refractivity contribution is 5.33. The summed E-state index contributed by atoms with van der Waals surface area (Å²) in [5.74, 6) is 0.819. The maximum Gasteiger partial charge on any atom is 0.148 e. The normalized spacial score (nSPS) is 12.2. The summed E-state index contributed by atoms with van der Waals surface area (Å²) in [5.41, 5.74) is 0.932. The minimum Gasteiger partial charge on any atom is -0.366 e. The molecule has 1 unspecified atom stereocenters. The van der Waals surface area contributed by atoms with E-state index in [0.29, 0.717) is 6.04 Å². The van der Waals surface area contributed by atoms with E-state index in [0.717, 1.165) is 17.9 Å². The van der Waals surface area contributed by atoms with Crippen LogP contribution in [0.2, 0.25) is 0 Å². The molecule has 0 aliphatic carbocycles. The van der Waals surface area contributed by atoms with Crippen molar-refractivity contribution in [3.8, 4) is 0 Å². The fraction of sp³-hybridized carbons (Fsp3) is 0.400. The molecule has 0 fully saturated rings. The topological polar surface area (TPSA) is 37.8 Å². The smallest absolute Gasteiger partial charge is 0.148 e. The van der Waals surface area contributed by atoms with Crippen LogP contribution in [-0.4, -0.2) is 16.2 Å². The maximum atomic E-state index is 4.01. The Kier molecular flexibility index (Phi) is 3.43. The molecule has 1 N–H and O–H groups in total. The number of anilines is 1. The maximum absolute atomic E-state index is 4.01. The SMILES string of the molecule is C=CCC(C)Nc1ccc(C)nn1. The summed E-state index contributed by atoms with van der Waals surface area (Å²) in [6.45, 7) is 7.69. The van der Waals surface area contributed by atoms with Crippen LogP contribution in [0, 0.1) is 6.92 Å². The van der Waals surface area contributed by atoms with Gasteiger partial charge < -0.3 is 5.32 Å². The molecule has 0 aliphatic rings. The Labute approximate surface area is 78.9 Å². The van der Waals surface area contributed by atoms with Crippen molar-refractivity contribution >= 4 is 5.82 Å². The molecule has 1 heterocycles. The van der Waals surface area contributed by atoms with Gasteiger partial charge in [0.15, 0.2) is 0 Å². The average molecular weight is 177 g/mol. The fourth-order valence-electron chi connectivity index (χ4n) is 1.04. The summed E-state index contributed by atoms with van der Waals surface area (Å²) in [7, 11) is 0. The molecule has 13 heavy (non-hydrogen) atoms. The highest BCUT2D eigenvalue weighted by atomic mass is 15.2. The predicted octanol–water partition coefficient (Wildman–Crippen LogP) is 2.16. The number of aromatic nitrogens is 2. The number of aryl methyl sites for hydroxylation is 1. The van der Waals surface area contributed by atoms with Crippen molar-refractivity contribution in [1.82, 2.24) is 10.2 Å². The van der Waals surface area contributed by atoms with Gasteiger partial charge in [-0.2, -0.15) is 5.10 Å². The quantitative estimate of drug-likeness (QED) is 0.716. The van der Waals surface area contributed by atoms with E-state index >= 15 is 0 Å². The van der Waals surface area contributed by atoms with Crippen LogP contribution in [0.5, 0.6) is 0 Å². The highest BCUT2D eigenvalue weighted by Crippen LogP contribution is 2.05. The Bertz CT molecular complexity index is 266. The van der Waals surface area contributed by atoms with Gasteiger partial charge in [-0.05, 0) is 32.4 Å². The van der Waals surface area contributed by atoms with Gasteiger partial charge in [-0.15, -0.1) is 11.7 Å². The van der Waals surface area contributed by atoms with Crippen molar-refractivity contribution in [3.63, 3.8) is 0 Å². The first-order chi connectivity index (χ1) is 6.22. The Morgan fingerprint density at radius 3 is 2.85 bits per heavy atom. The first-order valence-corrected chi connectivity index (χ1v) is 4.40. The van der Waals surface area contributed by atoms with Crippen molar-refractivity contribution < 1.29 is 0 Å². The lowest BCUT2D eigenvalue weighted by Gasteiger charge is -2.11. The van der Waals surface area contributed by atoms with Crippen LogP contribution in [-0.2, 0) is 0 Å². The molecule has 0 aromatic carbocycles. The fourth-order valence-corrected chi connectivity index (χ4v) is 1.04. The van der Waals surface area contributed by atoms with Gasteiger partial charge in [0, 0.05) is 6.04 Å². The van der Waals surface area contributed by atoms with Crippen LogP contribution in [0.4, 0.5) is 5.82 Å². The minimum absolute atomic E-state index is 0.356. The number of hydrogen-bond donors (Lipinski definition) is 1. The molecule has 0 bridgehead atoms. The summed E-state index contributed by atoms with van der Waals surface area (Å²) in [6, 6.07) is 4.23. The molecule has 0 saturated carbocycles. The van der Waals surface area contributed by atoms with E-state index in [1.807, 2.05) is 25.1 Å². The third-order valence-electron chi connectivity index (χ3n) is 1.71. The van der Waals surface area contributed by atoms with Gasteiger partial charge in [-0.25, -0.2) is 0 Å². The second kappa shape index (κ2) is 4.60. The second-order valence-electron chi connectivity index (χ2n) is 3.13. The molecule has 70 valence electrons. The van der Waals surface area contributed by atoms with Gasteiger partial charge in [0.05, 0.1) is 5.69 Å². The summed E-state index contributed by atoms with van der Waals surface area (Å²) in [6.07, 6.45) is 2.81. The number of nitrogens with zero attached hydrogens (tertiary/aromatic N) is 2. The van der Waals surface area contributed by atoms with Gasteiger partial charge in [-0.3, -0.25) is 0 Å². The average Bonchev–Trinajstić information content (AvgIpc) is 2.09. The molecule has 1 aromatic heterocycles. The van der Waals surface area contributed by atoms with Gasteiger partial charge in [0.25, 0.3) is 0 Å². The van der Waals surface area contributed by atoms with Crippen molar-refractivity contribution in [2.24, 2.45) is 0 Å². The molecule has 0 aliphatic heterocycles. The molecule has 1 rings (SSSR count). The van der Waals surface area contributed by atoms with Crippen LogP contribution in [0.15, 0.2) is 24.8 Å². The summed E-state index contributed by atoms with van der Waals surface area (Å²) >= 11 is 0. The van der Waals surface area contributed by atoms with Crippen molar-refractivity contribution in [1.29, 1.82) is 0 Å². The lowest BCUT2D eigenvalue weighted by molar-refractivity contribution is 0.798. The lowest BCUT2D eigenvalue weighted by atomic mass is 10.2. The predicted molar refractivity (Wildman–Crippen MR) is 54.7 cm³/mol. The molecule has 3 heteroatoms. The summed E-state index contributed by atoms with van der Waals surface area (Å²) < 4.78 is 0. The molecule has 1 aromatic rings. The monoisotopic (exact) mass is 177 g/mol. The molecule has 0 spiro atoms. The molecule has 0 amide bonds. The molecular formula is C10H15N3. The van der Waals surface area contributed by atoms with E-state index in [1.54, 1.807) is 0 Å². The number of hydrogen-bond acceptors (Lipinski definition) is 3. The summed E-state index contributed by atoms with van der Waals surface area (Å²) in [5, 5.41) is 11.2. The summed E-state index contributed by atoms with van der Waals surface area (Å²) in [4.78, 5) is 0. The largest absolute Gasteiger partial charge is 0.366 e. The van der Waals surface area contributed by atoms with Crippen molar-refractivity contribution in [2.45, 2.75) is 26.3 Å². The van der Waals surface area contributed by atoms with Crippen LogP contribution in [0.3, 0.4) is 0 Å². The Morgan fingerprint density at radius 2 is 2.31 bits per heavy atom. The molecule has 3 nitrogen and oxygen atoms in total. The van der Waals surface area contributed by atoms with E-state index in [-0.39, 0.29) is 0 Å². The first kappa shape index (κ1) is 9.71. The lowest BCUT2D eigenvalue weighted by Crippen LogP contribution is -2.15. The Hall–Kier alpha value is -1.38. The van der Waals surface area contributed by atoms with Crippen LogP contribution < -0.4 is 5.32 Å². The first-order valence-electron chi connectivity index (χ1n) is 4.40. The molecule has 0 saturated heterocycles. The van der Waals surface area contributed by atoms with Crippen LogP contribution in [0.25, 0.3) is 0 Å². The van der Waals surface area contributed by atoms with E-state index in [4.69, 9.17) is 0 Å². The van der Waals surface area contributed by atoms with Gasteiger partial charge in [0.1, 0.15) is 5.82 Å². The van der Waals surface area contributed by atoms with Crippen molar-refractivity contribution in [2.75, 3.05) is 5.32 Å². The van der Waals surface area contributed by atoms with E-state index in [9.17, 15) is 0 Å². The zero-order valence-corrected chi connectivity index (χ0v) is 8.12. The minimum atomic E-state index is 0.356. The highest BCUT2D eigenvalue weighted by Gasteiger charge is 1.99. The van der Waals surface area contributed by atoms with Gasteiger partial charge in [0.2, 0.25) is 0 Å². The van der Waals surface area contributed by atoms with E-state index in [1.165, 1.54) is 0 Å². The Morgan fingerprint density at radius 1 is 1.54 bits per heavy atom. The second-order valence-corrected chi connectivity index (χ2v) is 3.13. The third-order valence-corrected chi connectivity index (χ3v) is 1.71. The number of rotatable bonds is 4. The van der Waals surface area contributed by atoms with Crippen LogP contribution in [0.1, 0.15) is 19.0 Å². The van der Waals surface area contributed by atoms with Crippen LogP contribution >= 0.6 is 0 Å². The molecular weight excluding hydrogens is 162 g/mol. The van der Waals surface area contributed by atoms with Gasteiger partial charge >= 0.3 is 0 Å². The Balaban J connectivity index is 2.53. The molecule has 0 radical (unpaired) electrons. The zero-order valence-electron chi connectivity index (χ0n) is 8.12. The van der Waals surface area contributed by atoms with E-state index in [2.05, 4.69) is 29.0 Å². The standard InChI is InChI=1S/C10H15N3/c1-4-5-8(2)11-10-7-6-9(3)12-13-10/h4,6-8H,1,5H2,2-3H3,(H,11,13). The van der Waals surface area contributed by atoms with Crippen molar-refractivity contribution in [3.05, 3.63) is 30.5 Å².